The van der Waals surface area contributed by atoms with Gasteiger partial charge in [-0.25, -0.2) is 5.43 Å². The molecule has 0 aliphatic rings. The molecule has 5 nitrogen and oxygen atoms in total. The molecule has 124 valence electrons. The monoisotopic (exact) mass is 343 g/mol. The van der Waals surface area contributed by atoms with Gasteiger partial charge in [0.05, 0.1) is 6.21 Å². The summed E-state index contributed by atoms with van der Waals surface area (Å²) in [5.41, 5.74) is 5.16. The van der Waals surface area contributed by atoms with Gasteiger partial charge in [0.15, 0.2) is 5.76 Å². The smallest absolute Gasteiger partial charge is 0.307 e. The van der Waals surface area contributed by atoms with Crippen molar-refractivity contribution in [2.75, 3.05) is 0 Å². The molecule has 0 saturated heterocycles. The largest absolute Gasteiger partial charge is 0.451 e. The standard InChI is InChI=1S/C18H18ClN3O2/c1-11(2)22-10-13(6-12(22)3)9-20-21-18(23)17-8-14-7-15(19)4-5-16(14)24-17/h4-11H,1-3H3,(H,21,23)/b20-9-. The van der Waals surface area contributed by atoms with E-state index in [1.807, 2.05) is 19.2 Å². The molecule has 0 spiro atoms. The zero-order valence-electron chi connectivity index (χ0n) is 13.7. The number of nitrogens with one attached hydrogen (secondary N) is 1. The number of amides is 1. The maximum atomic E-state index is 12.1. The van der Waals surface area contributed by atoms with Gasteiger partial charge < -0.3 is 8.98 Å². The Morgan fingerprint density at radius 3 is 2.83 bits per heavy atom. The molecule has 0 unspecified atom stereocenters. The highest BCUT2D eigenvalue weighted by atomic mass is 35.5. The minimum atomic E-state index is -0.404. The summed E-state index contributed by atoms with van der Waals surface area (Å²) in [5, 5.41) is 5.37. The summed E-state index contributed by atoms with van der Waals surface area (Å²) in [5.74, 6) is -0.209. The molecular weight excluding hydrogens is 326 g/mol. The number of hydrogen-bond donors (Lipinski definition) is 1. The van der Waals surface area contributed by atoms with Crippen LogP contribution in [0.2, 0.25) is 5.02 Å². The van der Waals surface area contributed by atoms with Crippen LogP contribution in [0.5, 0.6) is 0 Å². The van der Waals surface area contributed by atoms with Gasteiger partial charge in [-0.05, 0) is 51.1 Å². The molecule has 6 heteroatoms. The van der Waals surface area contributed by atoms with E-state index >= 15 is 0 Å². The molecule has 3 rings (SSSR count). The fourth-order valence-electron chi connectivity index (χ4n) is 2.59. The van der Waals surface area contributed by atoms with E-state index in [0.717, 1.165) is 16.6 Å². The third-order valence-corrected chi connectivity index (χ3v) is 3.94. The van der Waals surface area contributed by atoms with E-state index < -0.39 is 5.91 Å². The number of hydrogen-bond acceptors (Lipinski definition) is 3. The Kier molecular flexibility index (Phi) is 4.44. The molecule has 0 fully saturated rings. The Bertz CT molecular complexity index is 922. The number of carbonyl (C=O) groups is 1. The summed E-state index contributed by atoms with van der Waals surface area (Å²) in [4.78, 5) is 12.1. The highest BCUT2D eigenvalue weighted by Crippen LogP contribution is 2.23. The van der Waals surface area contributed by atoms with Crippen molar-refractivity contribution in [3.05, 3.63) is 58.6 Å². The van der Waals surface area contributed by atoms with Crippen molar-refractivity contribution in [3.63, 3.8) is 0 Å². The number of aryl methyl sites for hydroxylation is 1. The molecule has 2 heterocycles. The lowest BCUT2D eigenvalue weighted by Gasteiger charge is -2.08. The Morgan fingerprint density at radius 1 is 1.33 bits per heavy atom. The zero-order chi connectivity index (χ0) is 17.3. The lowest BCUT2D eigenvalue weighted by atomic mass is 10.2. The predicted octanol–water partition coefficient (Wildman–Crippen LogP) is 4.54. The molecule has 2 aromatic heterocycles. The molecule has 3 aromatic rings. The predicted molar refractivity (Wildman–Crippen MR) is 95.8 cm³/mol. The number of hydrazone groups is 1. The summed E-state index contributed by atoms with van der Waals surface area (Å²) in [6.45, 7) is 6.27. The van der Waals surface area contributed by atoms with Gasteiger partial charge in [0, 0.05) is 33.9 Å². The van der Waals surface area contributed by atoms with Crippen LogP contribution < -0.4 is 5.43 Å². The van der Waals surface area contributed by atoms with Gasteiger partial charge in [-0.2, -0.15) is 5.10 Å². The maximum absolute atomic E-state index is 12.1. The van der Waals surface area contributed by atoms with Crippen LogP contribution in [0.4, 0.5) is 0 Å². The van der Waals surface area contributed by atoms with E-state index in [0.29, 0.717) is 16.6 Å². The first-order chi connectivity index (χ1) is 11.4. The van der Waals surface area contributed by atoms with Gasteiger partial charge in [0.25, 0.3) is 0 Å². The Labute approximate surface area is 144 Å². The van der Waals surface area contributed by atoms with E-state index in [9.17, 15) is 4.79 Å². The second kappa shape index (κ2) is 6.53. The van der Waals surface area contributed by atoms with Crippen LogP contribution in [-0.4, -0.2) is 16.7 Å². The Hall–Kier alpha value is -2.53. The topological polar surface area (TPSA) is 59.5 Å². The van der Waals surface area contributed by atoms with Crippen molar-refractivity contribution in [2.45, 2.75) is 26.8 Å². The third-order valence-electron chi connectivity index (χ3n) is 3.71. The summed E-state index contributed by atoms with van der Waals surface area (Å²) in [7, 11) is 0. The van der Waals surface area contributed by atoms with E-state index in [4.69, 9.17) is 16.0 Å². The van der Waals surface area contributed by atoms with Crippen LogP contribution in [0, 0.1) is 6.92 Å². The average molecular weight is 344 g/mol. The SMILES string of the molecule is Cc1cc(/C=N\NC(=O)c2cc3cc(Cl)ccc3o2)cn1C(C)C. The van der Waals surface area contributed by atoms with Gasteiger partial charge in [0.1, 0.15) is 5.58 Å². The van der Waals surface area contributed by atoms with E-state index in [-0.39, 0.29) is 5.76 Å². The van der Waals surface area contributed by atoms with Crippen molar-refractivity contribution in [1.82, 2.24) is 9.99 Å². The van der Waals surface area contributed by atoms with Crippen LogP contribution in [0.1, 0.15) is 41.7 Å². The van der Waals surface area contributed by atoms with Gasteiger partial charge in [-0.15, -0.1) is 0 Å². The second-order valence-corrected chi connectivity index (χ2v) is 6.34. The average Bonchev–Trinajstić information content (AvgIpc) is 3.10. The molecule has 1 amide bonds. The molecule has 0 atom stereocenters. The molecule has 1 aromatic carbocycles. The van der Waals surface area contributed by atoms with Crippen LogP contribution >= 0.6 is 11.6 Å². The minimum absolute atomic E-state index is 0.195. The highest BCUT2D eigenvalue weighted by Gasteiger charge is 2.11. The zero-order valence-corrected chi connectivity index (χ0v) is 14.5. The van der Waals surface area contributed by atoms with Crippen molar-refractivity contribution >= 4 is 34.7 Å². The fraction of sp³-hybridized carbons (Fsp3) is 0.222. The number of carbonyl (C=O) groups excluding carboxylic acids is 1. The maximum Gasteiger partial charge on any atom is 0.307 e. The molecule has 0 saturated carbocycles. The number of nitrogens with zero attached hydrogens (tertiary/aromatic N) is 2. The number of rotatable bonds is 4. The number of benzene rings is 1. The minimum Gasteiger partial charge on any atom is -0.451 e. The molecule has 0 radical (unpaired) electrons. The van der Waals surface area contributed by atoms with E-state index in [1.54, 1.807) is 30.5 Å². The number of halogens is 1. The summed E-state index contributed by atoms with van der Waals surface area (Å²) < 4.78 is 7.64. The first-order valence-electron chi connectivity index (χ1n) is 7.65. The summed E-state index contributed by atoms with van der Waals surface area (Å²) in [6.07, 6.45) is 3.61. The first kappa shape index (κ1) is 16.3. The fourth-order valence-corrected chi connectivity index (χ4v) is 2.77. The van der Waals surface area contributed by atoms with Gasteiger partial charge in [0.2, 0.25) is 0 Å². The normalized spacial score (nSPS) is 11.7. The Morgan fingerprint density at radius 2 is 2.12 bits per heavy atom. The molecule has 24 heavy (non-hydrogen) atoms. The van der Waals surface area contributed by atoms with Crippen LogP contribution in [0.3, 0.4) is 0 Å². The van der Waals surface area contributed by atoms with Crippen molar-refractivity contribution in [1.29, 1.82) is 0 Å². The second-order valence-electron chi connectivity index (χ2n) is 5.91. The highest BCUT2D eigenvalue weighted by molar-refractivity contribution is 6.31. The molecule has 0 aliphatic carbocycles. The van der Waals surface area contributed by atoms with Crippen molar-refractivity contribution in [2.24, 2.45) is 5.10 Å². The molecular formula is C18H18ClN3O2. The molecule has 1 N–H and O–H groups in total. The summed E-state index contributed by atoms with van der Waals surface area (Å²) in [6, 6.07) is 9.23. The van der Waals surface area contributed by atoms with E-state index in [2.05, 4.69) is 28.9 Å². The lowest BCUT2D eigenvalue weighted by Crippen LogP contribution is -2.16. The first-order valence-corrected chi connectivity index (χ1v) is 8.03. The van der Waals surface area contributed by atoms with Crippen molar-refractivity contribution in [3.8, 4) is 0 Å². The quantitative estimate of drug-likeness (QED) is 0.558. The number of fused-ring (bicyclic) bond motifs is 1. The van der Waals surface area contributed by atoms with Crippen LogP contribution in [-0.2, 0) is 0 Å². The van der Waals surface area contributed by atoms with E-state index in [1.165, 1.54) is 0 Å². The molecule has 0 aliphatic heterocycles. The van der Waals surface area contributed by atoms with Gasteiger partial charge in [-0.1, -0.05) is 11.6 Å². The van der Waals surface area contributed by atoms with Crippen molar-refractivity contribution < 1.29 is 9.21 Å². The summed E-state index contributed by atoms with van der Waals surface area (Å²) >= 11 is 5.93. The van der Waals surface area contributed by atoms with Crippen LogP contribution in [0.25, 0.3) is 11.0 Å². The Balaban J connectivity index is 1.71. The lowest BCUT2D eigenvalue weighted by molar-refractivity contribution is 0.0929. The van der Waals surface area contributed by atoms with Gasteiger partial charge >= 0.3 is 5.91 Å². The number of aromatic nitrogens is 1. The van der Waals surface area contributed by atoms with Gasteiger partial charge in [-0.3, -0.25) is 4.79 Å². The van der Waals surface area contributed by atoms with Crippen LogP contribution in [0.15, 0.2) is 46.0 Å². The third kappa shape index (κ3) is 3.36. The number of furan rings is 1. The molecule has 0 bridgehead atoms.